The molecule has 0 aliphatic carbocycles. The van der Waals surface area contributed by atoms with Crippen LogP contribution in [0.25, 0.3) is 17.4 Å². The molecule has 0 saturated carbocycles. The second kappa shape index (κ2) is 10.9. The lowest BCUT2D eigenvalue weighted by atomic mass is 10.1. The number of hydrazone groups is 1. The van der Waals surface area contributed by atoms with Gasteiger partial charge in [-0.3, -0.25) is 4.79 Å². The van der Waals surface area contributed by atoms with Gasteiger partial charge in [0.25, 0.3) is 5.91 Å². The van der Waals surface area contributed by atoms with E-state index in [1.165, 1.54) is 29.3 Å². The second-order valence-corrected chi connectivity index (χ2v) is 10.8. The third-order valence-corrected chi connectivity index (χ3v) is 7.33. The predicted octanol–water partition coefficient (Wildman–Crippen LogP) is 5.41. The van der Waals surface area contributed by atoms with E-state index >= 15 is 0 Å². The minimum atomic E-state index is -3.86. The maximum Gasteiger partial charge on any atom is 0.340 e. The number of halogens is 1. The lowest BCUT2D eigenvalue weighted by Gasteiger charge is -2.12. The Morgan fingerprint density at radius 2 is 1.77 bits per heavy atom. The Kier molecular flexibility index (Phi) is 7.40. The summed E-state index contributed by atoms with van der Waals surface area (Å²) in [5.74, 6) is -0.127. The molecule has 1 aliphatic rings. The molecule has 1 aromatic heterocycles. The lowest BCUT2D eigenvalue weighted by molar-refractivity contribution is -0.114. The number of sulfonamides is 1. The van der Waals surface area contributed by atoms with Crippen molar-refractivity contribution in [3.8, 4) is 11.3 Å². The van der Waals surface area contributed by atoms with Crippen LogP contribution in [0.3, 0.4) is 0 Å². The summed E-state index contributed by atoms with van der Waals surface area (Å²) in [5, 5.41) is 10.9. The highest BCUT2D eigenvalue weighted by molar-refractivity contribution is 7.89. The zero-order valence-corrected chi connectivity index (χ0v) is 22.6. The standard InChI is InChI=1S/C29H22ClN3O6S/c1-18-24(28(34)33(32-18)21-8-11-23(12-9-21)40(31,36)37)16-22-10-14-27(39-22)20-7-13-26(30)25(15-20)29(35)38-17-19-5-3-2-4-6-19/h2-16H,17H2,1H3,(H2,31,36,37)/b24-16-. The van der Waals surface area contributed by atoms with Gasteiger partial charge in [0.1, 0.15) is 18.1 Å². The number of amides is 1. The quantitative estimate of drug-likeness (QED) is 0.231. The molecule has 5 rings (SSSR count). The van der Waals surface area contributed by atoms with Gasteiger partial charge in [0, 0.05) is 5.56 Å². The van der Waals surface area contributed by atoms with Gasteiger partial charge in [0.15, 0.2) is 0 Å². The Hall–Kier alpha value is -4.51. The first-order valence-corrected chi connectivity index (χ1v) is 13.9. The molecule has 0 bridgehead atoms. The van der Waals surface area contributed by atoms with Crippen molar-refractivity contribution in [2.75, 3.05) is 5.01 Å². The highest BCUT2D eigenvalue weighted by Gasteiger charge is 2.29. The fraction of sp³-hybridized carbons (Fsp3) is 0.0690. The van der Waals surface area contributed by atoms with Crippen LogP contribution in [0.4, 0.5) is 5.69 Å². The summed E-state index contributed by atoms with van der Waals surface area (Å²) in [6, 6.07) is 23.1. The van der Waals surface area contributed by atoms with Crippen molar-refractivity contribution in [1.29, 1.82) is 0 Å². The van der Waals surface area contributed by atoms with Crippen LogP contribution in [-0.4, -0.2) is 26.0 Å². The highest BCUT2D eigenvalue weighted by atomic mass is 35.5. The number of nitrogens with zero attached hydrogens (tertiary/aromatic N) is 2. The molecule has 40 heavy (non-hydrogen) atoms. The molecule has 0 unspecified atom stereocenters. The lowest BCUT2D eigenvalue weighted by Crippen LogP contribution is -2.21. The number of hydrogen-bond donors (Lipinski definition) is 1. The van der Waals surface area contributed by atoms with Gasteiger partial charge in [-0.2, -0.15) is 10.1 Å². The molecular formula is C29H22ClN3O6S. The molecule has 11 heteroatoms. The topological polar surface area (TPSA) is 132 Å². The van der Waals surface area contributed by atoms with Gasteiger partial charge in [-0.15, -0.1) is 0 Å². The van der Waals surface area contributed by atoms with E-state index in [0.717, 1.165) is 5.56 Å². The van der Waals surface area contributed by atoms with Crippen LogP contribution < -0.4 is 10.1 Å². The van der Waals surface area contributed by atoms with Crippen LogP contribution in [0, 0.1) is 0 Å². The SMILES string of the molecule is CC1=NN(c2ccc(S(N)(=O)=O)cc2)C(=O)/C1=C\c1ccc(-c2ccc(Cl)c(C(=O)OCc3ccccc3)c2)o1. The fourth-order valence-electron chi connectivity index (χ4n) is 4.00. The first kappa shape index (κ1) is 27.1. The summed E-state index contributed by atoms with van der Waals surface area (Å²) in [5.41, 5.74) is 2.79. The van der Waals surface area contributed by atoms with Gasteiger partial charge >= 0.3 is 5.97 Å². The van der Waals surface area contributed by atoms with E-state index in [2.05, 4.69) is 5.10 Å². The van der Waals surface area contributed by atoms with Gasteiger partial charge < -0.3 is 9.15 Å². The number of furan rings is 1. The van der Waals surface area contributed by atoms with Crippen molar-refractivity contribution in [2.45, 2.75) is 18.4 Å². The molecule has 0 radical (unpaired) electrons. The van der Waals surface area contributed by atoms with Crippen molar-refractivity contribution in [3.63, 3.8) is 0 Å². The zero-order valence-electron chi connectivity index (χ0n) is 21.1. The number of hydrogen-bond acceptors (Lipinski definition) is 7. The van der Waals surface area contributed by atoms with Gasteiger partial charge in [-0.25, -0.2) is 18.4 Å². The summed E-state index contributed by atoms with van der Waals surface area (Å²) in [6.45, 7) is 1.79. The molecule has 0 fully saturated rings. The smallest absolute Gasteiger partial charge is 0.340 e. The number of nitrogens with two attached hydrogens (primary N) is 1. The van der Waals surface area contributed by atoms with Gasteiger partial charge in [-0.05, 0) is 73.2 Å². The normalized spacial score (nSPS) is 14.5. The van der Waals surface area contributed by atoms with Gasteiger partial charge in [0.05, 0.1) is 32.5 Å². The second-order valence-electron chi connectivity index (χ2n) is 8.86. The van der Waals surface area contributed by atoms with Crippen molar-refractivity contribution < 1.29 is 27.2 Å². The molecule has 1 aliphatic heterocycles. The Balaban J connectivity index is 1.33. The summed E-state index contributed by atoms with van der Waals surface area (Å²) < 4.78 is 34.4. The fourth-order valence-corrected chi connectivity index (χ4v) is 4.71. The molecular weight excluding hydrogens is 554 g/mol. The molecule has 202 valence electrons. The minimum absolute atomic E-state index is 0.0720. The third-order valence-electron chi connectivity index (χ3n) is 6.07. The average molecular weight is 576 g/mol. The largest absolute Gasteiger partial charge is 0.457 e. The van der Waals surface area contributed by atoms with E-state index < -0.39 is 21.9 Å². The molecule has 1 amide bonds. The summed E-state index contributed by atoms with van der Waals surface area (Å²) >= 11 is 6.27. The first-order chi connectivity index (χ1) is 19.1. The first-order valence-electron chi connectivity index (χ1n) is 12.0. The van der Waals surface area contributed by atoms with Crippen LogP contribution >= 0.6 is 11.6 Å². The maximum absolute atomic E-state index is 13.1. The Morgan fingerprint density at radius 3 is 2.48 bits per heavy atom. The molecule has 0 saturated heterocycles. The van der Waals surface area contributed by atoms with E-state index in [-0.39, 0.29) is 22.1 Å². The van der Waals surface area contributed by atoms with E-state index in [1.807, 2.05) is 30.3 Å². The predicted molar refractivity (Wildman–Crippen MR) is 151 cm³/mol. The molecule has 3 aromatic carbocycles. The van der Waals surface area contributed by atoms with Gasteiger partial charge in [-0.1, -0.05) is 41.9 Å². The third kappa shape index (κ3) is 5.74. The van der Waals surface area contributed by atoms with E-state index in [0.29, 0.717) is 34.1 Å². The van der Waals surface area contributed by atoms with E-state index in [1.54, 1.807) is 43.3 Å². The van der Waals surface area contributed by atoms with Crippen molar-refractivity contribution >= 4 is 51.0 Å². The van der Waals surface area contributed by atoms with Crippen molar-refractivity contribution in [2.24, 2.45) is 10.2 Å². The van der Waals surface area contributed by atoms with Crippen LogP contribution in [0.5, 0.6) is 0 Å². The number of primary sulfonamides is 1. The molecule has 2 heterocycles. The Labute approximate surface area is 235 Å². The molecule has 2 N–H and O–H groups in total. The minimum Gasteiger partial charge on any atom is -0.457 e. The average Bonchev–Trinajstić information content (AvgIpc) is 3.52. The van der Waals surface area contributed by atoms with Crippen molar-refractivity contribution in [3.05, 3.63) is 112 Å². The zero-order chi connectivity index (χ0) is 28.4. The number of carbonyl (C=O) groups is 2. The van der Waals surface area contributed by atoms with Crippen molar-refractivity contribution in [1.82, 2.24) is 0 Å². The van der Waals surface area contributed by atoms with Crippen LogP contribution in [-0.2, 0) is 26.2 Å². The maximum atomic E-state index is 13.1. The summed E-state index contributed by atoms with van der Waals surface area (Å²) in [4.78, 5) is 25.7. The molecule has 0 atom stereocenters. The number of esters is 1. The van der Waals surface area contributed by atoms with Crippen LogP contribution in [0.1, 0.15) is 28.6 Å². The number of ether oxygens (including phenoxy) is 1. The van der Waals surface area contributed by atoms with E-state index in [9.17, 15) is 18.0 Å². The molecule has 9 nitrogen and oxygen atoms in total. The number of rotatable bonds is 7. The Morgan fingerprint density at radius 1 is 1.05 bits per heavy atom. The monoisotopic (exact) mass is 575 g/mol. The molecule has 0 spiro atoms. The highest BCUT2D eigenvalue weighted by Crippen LogP contribution is 2.30. The van der Waals surface area contributed by atoms with Crippen LogP contribution in [0.2, 0.25) is 5.02 Å². The summed E-state index contributed by atoms with van der Waals surface area (Å²) in [6.07, 6.45) is 1.56. The Bertz CT molecular complexity index is 1780. The molecule has 4 aromatic rings. The number of benzene rings is 3. The van der Waals surface area contributed by atoms with Crippen LogP contribution in [0.15, 0.2) is 105 Å². The number of carbonyl (C=O) groups excluding carboxylic acids is 2. The van der Waals surface area contributed by atoms with E-state index in [4.69, 9.17) is 25.9 Å². The number of anilines is 1. The van der Waals surface area contributed by atoms with Gasteiger partial charge in [0.2, 0.25) is 10.0 Å². The summed E-state index contributed by atoms with van der Waals surface area (Å²) in [7, 11) is -3.86.